The van der Waals surface area contributed by atoms with Crippen LogP contribution in [0.3, 0.4) is 0 Å². The van der Waals surface area contributed by atoms with E-state index in [1.165, 1.54) is 26.3 Å². The van der Waals surface area contributed by atoms with Crippen molar-refractivity contribution in [2.24, 2.45) is 13.0 Å². The third-order valence-corrected chi connectivity index (χ3v) is 3.68. The molecule has 1 aromatic heterocycles. The maximum atomic E-state index is 11.9. The van der Waals surface area contributed by atoms with Crippen LogP contribution in [0.4, 0.5) is 5.69 Å². The highest BCUT2D eigenvalue weighted by atomic mass is 16.2. The number of anilines is 1. The lowest BCUT2D eigenvalue weighted by molar-refractivity contribution is 0.760. The topological polar surface area (TPSA) is 66.9 Å². The summed E-state index contributed by atoms with van der Waals surface area (Å²) in [5.74, 6) is 0.889. The fourth-order valence-corrected chi connectivity index (χ4v) is 2.24. The molecule has 1 heterocycles. The summed E-state index contributed by atoms with van der Waals surface area (Å²) in [4.78, 5) is 26.2. The van der Waals surface area contributed by atoms with E-state index in [0.717, 1.165) is 22.7 Å². The van der Waals surface area contributed by atoms with Crippen LogP contribution in [-0.2, 0) is 7.05 Å². The van der Waals surface area contributed by atoms with Gasteiger partial charge in [0.25, 0.3) is 5.56 Å². The van der Waals surface area contributed by atoms with E-state index in [9.17, 15) is 9.59 Å². The first-order chi connectivity index (χ1) is 9.15. The van der Waals surface area contributed by atoms with Gasteiger partial charge in [-0.05, 0) is 30.5 Å². The van der Waals surface area contributed by atoms with E-state index in [0.29, 0.717) is 10.9 Å². The van der Waals surface area contributed by atoms with Crippen LogP contribution in [0, 0.1) is 5.92 Å². The third-order valence-electron chi connectivity index (χ3n) is 3.68. The fraction of sp³-hybridized carbons (Fsp3) is 0.429. The lowest BCUT2D eigenvalue weighted by Gasteiger charge is -2.07. The Morgan fingerprint density at radius 3 is 2.89 bits per heavy atom. The molecule has 0 saturated heterocycles. The van der Waals surface area contributed by atoms with Crippen molar-refractivity contribution in [2.45, 2.75) is 19.3 Å². The number of benzene rings is 1. The summed E-state index contributed by atoms with van der Waals surface area (Å²) >= 11 is 0. The lowest BCUT2D eigenvalue weighted by Crippen LogP contribution is -2.32. The second-order valence-electron chi connectivity index (χ2n) is 5.21. The number of nitrogens with zero attached hydrogens (tertiary/aromatic N) is 1. The summed E-state index contributed by atoms with van der Waals surface area (Å²) in [5, 5.41) is 3.87. The molecule has 1 aliphatic carbocycles. The Hall–Kier alpha value is -2.04. The van der Waals surface area contributed by atoms with Crippen LogP contribution in [0.15, 0.2) is 27.8 Å². The van der Waals surface area contributed by atoms with Gasteiger partial charge < -0.3 is 10.3 Å². The van der Waals surface area contributed by atoms with Gasteiger partial charge in [-0.2, -0.15) is 0 Å². The normalized spacial score (nSPS) is 14.8. The number of hydrogen-bond acceptors (Lipinski definition) is 3. The third kappa shape index (κ3) is 2.41. The van der Waals surface area contributed by atoms with Gasteiger partial charge >= 0.3 is 5.69 Å². The summed E-state index contributed by atoms with van der Waals surface area (Å²) in [7, 11) is 1.47. The van der Waals surface area contributed by atoms with E-state index in [1.54, 1.807) is 6.07 Å². The quantitative estimate of drug-likeness (QED) is 0.873. The smallest absolute Gasteiger partial charge is 0.328 e. The van der Waals surface area contributed by atoms with E-state index in [4.69, 9.17) is 0 Å². The van der Waals surface area contributed by atoms with Crippen molar-refractivity contribution in [3.8, 4) is 0 Å². The zero-order chi connectivity index (χ0) is 13.4. The van der Waals surface area contributed by atoms with Crippen molar-refractivity contribution in [1.29, 1.82) is 0 Å². The monoisotopic (exact) mass is 259 g/mol. The predicted octanol–water partition coefficient (Wildman–Crippen LogP) is 1.44. The molecule has 3 rings (SSSR count). The first kappa shape index (κ1) is 12.0. The van der Waals surface area contributed by atoms with E-state index < -0.39 is 0 Å². The fourth-order valence-electron chi connectivity index (χ4n) is 2.24. The van der Waals surface area contributed by atoms with Gasteiger partial charge in [-0.15, -0.1) is 0 Å². The number of aromatic amines is 1. The van der Waals surface area contributed by atoms with Gasteiger partial charge in [0, 0.05) is 19.3 Å². The van der Waals surface area contributed by atoms with Crippen LogP contribution in [0.2, 0.25) is 0 Å². The average Bonchev–Trinajstić information content (AvgIpc) is 3.20. The maximum absolute atomic E-state index is 11.9. The van der Waals surface area contributed by atoms with Gasteiger partial charge in [0.05, 0.1) is 10.9 Å². The molecule has 1 aromatic carbocycles. The second kappa shape index (κ2) is 4.57. The zero-order valence-corrected chi connectivity index (χ0v) is 10.9. The Labute approximate surface area is 110 Å². The van der Waals surface area contributed by atoms with Gasteiger partial charge in [0.15, 0.2) is 0 Å². The summed E-state index contributed by atoms with van der Waals surface area (Å²) < 4.78 is 1.09. The molecule has 1 saturated carbocycles. The Bertz CT molecular complexity index is 726. The highest BCUT2D eigenvalue weighted by Crippen LogP contribution is 2.32. The molecule has 2 N–H and O–H groups in total. The van der Waals surface area contributed by atoms with Crippen molar-refractivity contribution in [1.82, 2.24) is 9.55 Å². The molecule has 19 heavy (non-hydrogen) atoms. The number of H-pyrrole nitrogens is 1. The number of aromatic nitrogens is 2. The molecule has 0 aliphatic heterocycles. The van der Waals surface area contributed by atoms with Crippen molar-refractivity contribution in [3.05, 3.63) is 39.0 Å². The highest BCUT2D eigenvalue weighted by molar-refractivity contribution is 5.81. The van der Waals surface area contributed by atoms with Crippen molar-refractivity contribution < 1.29 is 0 Å². The molecule has 100 valence electrons. The highest BCUT2D eigenvalue weighted by Gasteiger charge is 2.20. The minimum absolute atomic E-state index is 0.261. The van der Waals surface area contributed by atoms with Gasteiger partial charge in [0.1, 0.15) is 0 Å². The van der Waals surface area contributed by atoms with Crippen LogP contribution in [0.1, 0.15) is 19.3 Å². The summed E-state index contributed by atoms with van der Waals surface area (Å²) in [6, 6.07) is 5.47. The zero-order valence-electron chi connectivity index (χ0n) is 10.9. The first-order valence-electron chi connectivity index (χ1n) is 6.62. The van der Waals surface area contributed by atoms with Crippen LogP contribution in [0.5, 0.6) is 0 Å². The molecule has 1 fully saturated rings. The van der Waals surface area contributed by atoms with Gasteiger partial charge in [-0.1, -0.05) is 12.8 Å². The molecule has 0 spiro atoms. The molecular formula is C14H17N3O2. The van der Waals surface area contributed by atoms with Gasteiger partial charge in [-0.3, -0.25) is 9.36 Å². The number of rotatable bonds is 4. The van der Waals surface area contributed by atoms with Crippen LogP contribution < -0.4 is 16.6 Å². The van der Waals surface area contributed by atoms with E-state index in [-0.39, 0.29) is 11.2 Å². The van der Waals surface area contributed by atoms with E-state index in [2.05, 4.69) is 10.3 Å². The molecular weight excluding hydrogens is 242 g/mol. The van der Waals surface area contributed by atoms with Crippen LogP contribution in [0.25, 0.3) is 10.9 Å². The molecule has 1 aliphatic rings. The summed E-state index contributed by atoms with van der Waals surface area (Å²) in [5.41, 5.74) is 0.887. The van der Waals surface area contributed by atoms with Crippen LogP contribution in [-0.4, -0.2) is 16.1 Å². The molecule has 2 aromatic rings. The number of fused-ring (bicyclic) bond motifs is 1. The van der Waals surface area contributed by atoms with Crippen molar-refractivity contribution in [2.75, 3.05) is 11.9 Å². The predicted molar refractivity (Wildman–Crippen MR) is 75.6 cm³/mol. The summed E-state index contributed by atoms with van der Waals surface area (Å²) in [6.07, 6.45) is 3.89. The van der Waals surface area contributed by atoms with E-state index in [1.807, 2.05) is 12.1 Å². The minimum atomic E-state index is -0.382. The summed E-state index contributed by atoms with van der Waals surface area (Å²) in [6.45, 7) is 0.936. The van der Waals surface area contributed by atoms with Crippen molar-refractivity contribution in [3.63, 3.8) is 0 Å². The lowest BCUT2D eigenvalue weighted by atomic mass is 10.2. The van der Waals surface area contributed by atoms with Crippen LogP contribution >= 0.6 is 0 Å². The number of nitrogens with one attached hydrogen (secondary N) is 2. The minimum Gasteiger partial charge on any atom is -0.385 e. The number of hydrogen-bond donors (Lipinski definition) is 2. The second-order valence-corrected chi connectivity index (χ2v) is 5.21. The Kier molecular flexibility index (Phi) is 2.89. The molecule has 5 nitrogen and oxygen atoms in total. The largest absolute Gasteiger partial charge is 0.385 e. The molecule has 0 amide bonds. The van der Waals surface area contributed by atoms with E-state index >= 15 is 0 Å². The SMILES string of the molecule is Cn1c(=O)[nH]c2cc(NCCC3CC3)ccc2c1=O. The van der Waals surface area contributed by atoms with Gasteiger partial charge in [0.2, 0.25) is 0 Å². The Balaban J connectivity index is 1.89. The molecule has 0 atom stereocenters. The Morgan fingerprint density at radius 1 is 1.37 bits per heavy atom. The molecule has 5 heteroatoms. The molecule has 0 radical (unpaired) electrons. The molecule has 0 unspecified atom stereocenters. The van der Waals surface area contributed by atoms with Crippen molar-refractivity contribution >= 4 is 16.6 Å². The average molecular weight is 259 g/mol. The standard InChI is InChI=1S/C14H17N3O2/c1-17-13(18)11-5-4-10(8-12(11)16-14(17)19)15-7-6-9-2-3-9/h4-5,8-9,15H,2-3,6-7H2,1H3,(H,16,19). The Morgan fingerprint density at radius 2 is 2.16 bits per heavy atom. The maximum Gasteiger partial charge on any atom is 0.328 e. The first-order valence-corrected chi connectivity index (χ1v) is 6.62. The van der Waals surface area contributed by atoms with Gasteiger partial charge in [-0.25, -0.2) is 4.79 Å². The molecule has 0 bridgehead atoms.